The van der Waals surface area contributed by atoms with Crippen molar-refractivity contribution in [1.29, 1.82) is 0 Å². The third kappa shape index (κ3) is 5.96. The second kappa shape index (κ2) is 10.1. The normalized spacial score (nSPS) is 13.3. The number of hydrogen-bond acceptors (Lipinski definition) is 3. The molecule has 0 bridgehead atoms. The van der Waals surface area contributed by atoms with Gasteiger partial charge < -0.3 is 14.8 Å². The van der Waals surface area contributed by atoms with E-state index in [9.17, 15) is 4.79 Å². The van der Waals surface area contributed by atoms with Crippen molar-refractivity contribution in [2.45, 2.75) is 52.6 Å². The van der Waals surface area contributed by atoms with Crippen LogP contribution in [0, 0.1) is 5.92 Å². The zero-order valence-corrected chi connectivity index (χ0v) is 14.2. The van der Waals surface area contributed by atoms with E-state index in [1.807, 2.05) is 18.2 Å². The first-order valence-corrected chi connectivity index (χ1v) is 8.19. The number of amides is 1. The first kappa shape index (κ1) is 18.3. The van der Waals surface area contributed by atoms with Crippen LogP contribution in [0.3, 0.4) is 0 Å². The molecule has 0 fully saturated rings. The van der Waals surface area contributed by atoms with E-state index < -0.39 is 6.10 Å². The highest BCUT2D eigenvalue weighted by Crippen LogP contribution is 2.26. The molecular formula is C18H29NO3. The van der Waals surface area contributed by atoms with Gasteiger partial charge in [0.1, 0.15) is 0 Å². The minimum atomic E-state index is -0.542. The monoisotopic (exact) mass is 307 g/mol. The molecule has 0 spiro atoms. The van der Waals surface area contributed by atoms with Gasteiger partial charge in [0.2, 0.25) is 0 Å². The number of rotatable bonds is 10. The molecule has 0 aliphatic carbocycles. The summed E-state index contributed by atoms with van der Waals surface area (Å²) in [6.07, 6.45) is 4.11. The first-order valence-electron chi connectivity index (χ1n) is 8.19. The van der Waals surface area contributed by atoms with Crippen molar-refractivity contribution in [3.8, 4) is 11.5 Å². The summed E-state index contributed by atoms with van der Waals surface area (Å²) >= 11 is 0. The van der Waals surface area contributed by atoms with E-state index in [1.165, 1.54) is 12.8 Å². The third-order valence-corrected chi connectivity index (χ3v) is 3.85. The van der Waals surface area contributed by atoms with E-state index in [1.54, 1.807) is 20.1 Å². The zero-order chi connectivity index (χ0) is 16.4. The molecule has 1 aromatic carbocycles. The van der Waals surface area contributed by atoms with Crippen LogP contribution >= 0.6 is 0 Å². The summed E-state index contributed by atoms with van der Waals surface area (Å²) in [6, 6.07) is 7.35. The molecule has 4 heteroatoms. The summed E-state index contributed by atoms with van der Waals surface area (Å²) in [4.78, 5) is 12.2. The molecule has 0 saturated heterocycles. The zero-order valence-electron chi connectivity index (χ0n) is 14.2. The Hall–Kier alpha value is -1.71. The topological polar surface area (TPSA) is 47.6 Å². The average molecular weight is 307 g/mol. The lowest BCUT2D eigenvalue weighted by Gasteiger charge is -2.19. The molecular weight excluding hydrogens is 278 g/mol. The van der Waals surface area contributed by atoms with Crippen molar-refractivity contribution in [2.24, 2.45) is 5.92 Å². The van der Waals surface area contributed by atoms with Gasteiger partial charge in [-0.15, -0.1) is 0 Å². The smallest absolute Gasteiger partial charge is 0.260 e. The molecule has 4 nitrogen and oxygen atoms in total. The Kier molecular flexibility index (Phi) is 8.41. The average Bonchev–Trinajstić information content (AvgIpc) is 2.55. The lowest BCUT2D eigenvalue weighted by molar-refractivity contribution is -0.127. The highest BCUT2D eigenvalue weighted by Gasteiger charge is 2.17. The fourth-order valence-corrected chi connectivity index (χ4v) is 2.29. The van der Waals surface area contributed by atoms with Gasteiger partial charge in [-0.25, -0.2) is 0 Å². The van der Waals surface area contributed by atoms with Gasteiger partial charge in [-0.1, -0.05) is 45.2 Å². The van der Waals surface area contributed by atoms with Gasteiger partial charge in [0.05, 0.1) is 7.11 Å². The maximum Gasteiger partial charge on any atom is 0.260 e. The highest BCUT2D eigenvalue weighted by atomic mass is 16.5. The van der Waals surface area contributed by atoms with E-state index in [-0.39, 0.29) is 5.91 Å². The number of ether oxygens (including phenoxy) is 2. The lowest BCUT2D eigenvalue weighted by Crippen LogP contribution is -2.38. The lowest BCUT2D eigenvalue weighted by atomic mass is 9.99. The number of nitrogens with one attached hydrogen (secondary N) is 1. The molecule has 0 aliphatic heterocycles. The number of para-hydroxylation sites is 2. The maximum absolute atomic E-state index is 12.2. The molecule has 1 rings (SSSR count). The van der Waals surface area contributed by atoms with E-state index in [4.69, 9.17) is 9.47 Å². The summed E-state index contributed by atoms with van der Waals surface area (Å²) in [5.74, 6) is 1.69. The number of hydrogen-bond donors (Lipinski definition) is 1. The van der Waals surface area contributed by atoms with E-state index >= 15 is 0 Å². The van der Waals surface area contributed by atoms with Crippen LogP contribution in [-0.4, -0.2) is 25.7 Å². The summed E-state index contributed by atoms with van der Waals surface area (Å²) < 4.78 is 10.9. The molecule has 2 unspecified atom stereocenters. The van der Waals surface area contributed by atoms with Crippen LogP contribution in [0.15, 0.2) is 24.3 Å². The third-order valence-electron chi connectivity index (χ3n) is 3.85. The maximum atomic E-state index is 12.2. The van der Waals surface area contributed by atoms with Gasteiger partial charge in [0.15, 0.2) is 17.6 Å². The van der Waals surface area contributed by atoms with Crippen LogP contribution in [0.4, 0.5) is 0 Å². The van der Waals surface area contributed by atoms with Crippen LogP contribution < -0.4 is 14.8 Å². The second-order valence-electron chi connectivity index (χ2n) is 5.57. The number of carbonyl (C=O) groups is 1. The number of carbonyl (C=O) groups excluding carboxylic acids is 1. The second-order valence-corrected chi connectivity index (χ2v) is 5.57. The Morgan fingerprint density at radius 2 is 1.91 bits per heavy atom. The van der Waals surface area contributed by atoms with Crippen molar-refractivity contribution >= 4 is 5.91 Å². The van der Waals surface area contributed by atoms with Crippen molar-refractivity contribution in [3.05, 3.63) is 24.3 Å². The van der Waals surface area contributed by atoms with Gasteiger partial charge >= 0.3 is 0 Å². The molecule has 1 N–H and O–H groups in total. The summed E-state index contributed by atoms with van der Waals surface area (Å²) in [7, 11) is 1.59. The Morgan fingerprint density at radius 3 is 2.50 bits per heavy atom. The molecule has 0 aromatic heterocycles. The Balaban J connectivity index is 2.47. The predicted octanol–water partition coefficient (Wildman–Crippen LogP) is 3.80. The number of benzene rings is 1. The van der Waals surface area contributed by atoms with Gasteiger partial charge in [0.25, 0.3) is 5.91 Å². The van der Waals surface area contributed by atoms with Crippen molar-refractivity contribution in [1.82, 2.24) is 5.32 Å². The van der Waals surface area contributed by atoms with Crippen molar-refractivity contribution in [2.75, 3.05) is 13.7 Å². The number of unbranched alkanes of at least 4 members (excludes halogenated alkanes) is 1. The Morgan fingerprint density at radius 1 is 1.23 bits per heavy atom. The summed E-state index contributed by atoms with van der Waals surface area (Å²) in [5.41, 5.74) is 0. The van der Waals surface area contributed by atoms with Crippen LogP contribution in [0.2, 0.25) is 0 Å². The molecule has 2 atom stereocenters. The SMILES string of the molecule is CCCCC(CC)CNC(=O)C(C)Oc1ccccc1OC. The molecule has 22 heavy (non-hydrogen) atoms. The molecule has 1 amide bonds. The molecule has 1 aromatic rings. The largest absolute Gasteiger partial charge is 0.493 e. The first-order chi connectivity index (χ1) is 10.6. The van der Waals surface area contributed by atoms with Crippen molar-refractivity contribution < 1.29 is 14.3 Å². The van der Waals surface area contributed by atoms with Crippen LogP contribution in [0.5, 0.6) is 11.5 Å². The fraction of sp³-hybridized carbons (Fsp3) is 0.611. The van der Waals surface area contributed by atoms with Gasteiger partial charge in [-0.05, 0) is 31.4 Å². The highest BCUT2D eigenvalue weighted by molar-refractivity contribution is 5.80. The molecule has 0 heterocycles. The van der Waals surface area contributed by atoms with Crippen LogP contribution in [-0.2, 0) is 4.79 Å². The van der Waals surface area contributed by atoms with Crippen molar-refractivity contribution in [3.63, 3.8) is 0 Å². The minimum Gasteiger partial charge on any atom is -0.493 e. The number of methoxy groups -OCH3 is 1. The fourth-order valence-electron chi connectivity index (χ4n) is 2.29. The molecule has 0 radical (unpaired) electrons. The predicted molar refractivity (Wildman–Crippen MR) is 89.4 cm³/mol. The van der Waals surface area contributed by atoms with E-state index in [0.717, 1.165) is 19.4 Å². The Bertz CT molecular complexity index is 448. The molecule has 124 valence electrons. The van der Waals surface area contributed by atoms with Crippen LogP contribution in [0.25, 0.3) is 0 Å². The molecule has 0 aliphatic rings. The van der Waals surface area contributed by atoms with Gasteiger partial charge in [-0.3, -0.25) is 4.79 Å². The summed E-state index contributed by atoms with van der Waals surface area (Å²) in [6.45, 7) is 6.83. The van der Waals surface area contributed by atoms with E-state index in [0.29, 0.717) is 17.4 Å². The van der Waals surface area contributed by atoms with E-state index in [2.05, 4.69) is 19.2 Å². The minimum absolute atomic E-state index is 0.0825. The molecule has 0 saturated carbocycles. The summed E-state index contributed by atoms with van der Waals surface area (Å²) in [5, 5.41) is 3.00. The standard InChI is InChI=1S/C18H29NO3/c1-5-7-10-15(6-2)13-19-18(20)14(3)22-17-12-9-8-11-16(17)21-4/h8-9,11-12,14-15H,5-7,10,13H2,1-4H3,(H,19,20). The van der Waals surface area contributed by atoms with Gasteiger partial charge in [0, 0.05) is 6.54 Å². The van der Waals surface area contributed by atoms with Crippen LogP contribution in [0.1, 0.15) is 46.5 Å². The quantitative estimate of drug-likeness (QED) is 0.715. The van der Waals surface area contributed by atoms with Gasteiger partial charge in [-0.2, -0.15) is 0 Å². The Labute approximate surface area is 134 Å².